The molecule has 0 bridgehead atoms. The maximum absolute atomic E-state index is 12.2. The van der Waals surface area contributed by atoms with E-state index in [0.717, 1.165) is 36.5 Å². The summed E-state index contributed by atoms with van der Waals surface area (Å²) in [5.74, 6) is 1.86. The standard InChI is InChI=1S/C19H25N3O2/c1-12(2)15-9-8-14(10-13(15)3)24-11-18(23)20-19-16-6-5-7-17(16)21-22(19)4/h8-10,12H,5-7,11H2,1-4H3,(H,20,23). The number of anilines is 1. The molecule has 1 amide bonds. The van der Waals surface area contributed by atoms with Crippen molar-refractivity contribution >= 4 is 11.7 Å². The van der Waals surface area contributed by atoms with E-state index in [-0.39, 0.29) is 12.5 Å². The smallest absolute Gasteiger partial charge is 0.263 e. The molecule has 0 atom stereocenters. The van der Waals surface area contributed by atoms with Crippen LogP contribution >= 0.6 is 0 Å². The van der Waals surface area contributed by atoms with Crippen LogP contribution < -0.4 is 10.1 Å². The summed E-state index contributed by atoms with van der Waals surface area (Å²) in [6.07, 6.45) is 3.09. The molecule has 1 N–H and O–H groups in total. The summed E-state index contributed by atoms with van der Waals surface area (Å²) in [4.78, 5) is 12.2. The van der Waals surface area contributed by atoms with Crippen molar-refractivity contribution in [2.45, 2.75) is 46.0 Å². The van der Waals surface area contributed by atoms with E-state index >= 15 is 0 Å². The van der Waals surface area contributed by atoms with Gasteiger partial charge in [0, 0.05) is 12.6 Å². The van der Waals surface area contributed by atoms with Gasteiger partial charge in [-0.25, -0.2) is 0 Å². The first-order valence-electron chi connectivity index (χ1n) is 8.53. The van der Waals surface area contributed by atoms with Gasteiger partial charge in [0.05, 0.1) is 5.69 Å². The third-order valence-corrected chi connectivity index (χ3v) is 4.56. The molecule has 0 radical (unpaired) electrons. The second-order valence-electron chi connectivity index (χ2n) is 6.76. The Morgan fingerprint density at radius 3 is 2.88 bits per heavy atom. The first kappa shape index (κ1) is 16.6. The van der Waals surface area contributed by atoms with Crippen LogP contribution in [0, 0.1) is 6.92 Å². The Bertz CT molecular complexity index is 762. The molecule has 24 heavy (non-hydrogen) atoms. The third kappa shape index (κ3) is 3.30. The van der Waals surface area contributed by atoms with E-state index in [1.165, 1.54) is 16.7 Å². The Morgan fingerprint density at radius 1 is 1.38 bits per heavy atom. The lowest BCUT2D eigenvalue weighted by Crippen LogP contribution is -2.22. The van der Waals surface area contributed by atoms with E-state index in [2.05, 4.69) is 37.3 Å². The van der Waals surface area contributed by atoms with Crippen LogP contribution in [0.15, 0.2) is 18.2 Å². The number of aromatic nitrogens is 2. The number of nitrogens with one attached hydrogen (secondary N) is 1. The molecule has 5 heteroatoms. The van der Waals surface area contributed by atoms with Crippen molar-refractivity contribution in [2.24, 2.45) is 7.05 Å². The molecule has 0 saturated heterocycles. The number of rotatable bonds is 5. The molecule has 2 aromatic rings. The van der Waals surface area contributed by atoms with Crippen LogP contribution in [0.3, 0.4) is 0 Å². The summed E-state index contributed by atoms with van der Waals surface area (Å²) in [5.41, 5.74) is 4.77. The second-order valence-corrected chi connectivity index (χ2v) is 6.76. The molecule has 0 spiro atoms. The van der Waals surface area contributed by atoms with Gasteiger partial charge in [0.2, 0.25) is 0 Å². The summed E-state index contributed by atoms with van der Waals surface area (Å²) in [6.45, 7) is 6.41. The minimum absolute atomic E-state index is 0.000415. The van der Waals surface area contributed by atoms with E-state index in [0.29, 0.717) is 5.92 Å². The highest BCUT2D eigenvalue weighted by molar-refractivity contribution is 5.92. The first-order chi connectivity index (χ1) is 11.5. The number of ether oxygens (including phenoxy) is 1. The Kier molecular flexibility index (Phi) is 4.60. The average Bonchev–Trinajstić information content (AvgIpc) is 3.08. The fourth-order valence-corrected chi connectivity index (χ4v) is 3.38. The van der Waals surface area contributed by atoms with Crippen molar-refractivity contribution in [3.8, 4) is 5.75 Å². The zero-order valence-electron chi connectivity index (χ0n) is 14.8. The van der Waals surface area contributed by atoms with Gasteiger partial charge in [0.1, 0.15) is 11.6 Å². The van der Waals surface area contributed by atoms with E-state index in [9.17, 15) is 4.79 Å². The van der Waals surface area contributed by atoms with Gasteiger partial charge in [0.15, 0.2) is 6.61 Å². The molecule has 0 unspecified atom stereocenters. The van der Waals surface area contributed by atoms with Crippen LogP contribution in [0.1, 0.15) is 48.6 Å². The fraction of sp³-hybridized carbons (Fsp3) is 0.474. The molecule has 0 saturated carbocycles. The van der Waals surface area contributed by atoms with Crippen molar-refractivity contribution in [3.05, 3.63) is 40.6 Å². The Morgan fingerprint density at radius 2 is 2.17 bits per heavy atom. The maximum atomic E-state index is 12.2. The predicted molar refractivity (Wildman–Crippen MR) is 94.6 cm³/mol. The zero-order valence-corrected chi connectivity index (χ0v) is 14.8. The van der Waals surface area contributed by atoms with Crippen LogP contribution in [0.4, 0.5) is 5.82 Å². The normalized spacial score (nSPS) is 13.2. The zero-order chi connectivity index (χ0) is 17.3. The highest BCUT2D eigenvalue weighted by Crippen LogP contribution is 2.28. The number of hydrogen-bond donors (Lipinski definition) is 1. The molecule has 1 aliphatic rings. The monoisotopic (exact) mass is 327 g/mol. The predicted octanol–water partition coefficient (Wildman–Crippen LogP) is 3.36. The van der Waals surface area contributed by atoms with Gasteiger partial charge in [-0.15, -0.1) is 0 Å². The summed E-state index contributed by atoms with van der Waals surface area (Å²) in [6, 6.07) is 5.99. The first-order valence-corrected chi connectivity index (χ1v) is 8.53. The van der Waals surface area contributed by atoms with Crippen molar-refractivity contribution in [1.29, 1.82) is 0 Å². The van der Waals surface area contributed by atoms with Crippen LogP contribution in [0.5, 0.6) is 5.75 Å². The molecule has 5 nitrogen and oxygen atoms in total. The molecule has 0 aliphatic heterocycles. The van der Waals surface area contributed by atoms with Gasteiger partial charge >= 0.3 is 0 Å². The lowest BCUT2D eigenvalue weighted by Gasteiger charge is -2.13. The summed E-state index contributed by atoms with van der Waals surface area (Å²) < 4.78 is 7.40. The molecule has 1 aromatic carbocycles. The topological polar surface area (TPSA) is 56.1 Å². The lowest BCUT2D eigenvalue weighted by molar-refractivity contribution is -0.118. The van der Waals surface area contributed by atoms with Gasteiger partial charge in [-0.1, -0.05) is 19.9 Å². The Labute approximate surface area is 143 Å². The highest BCUT2D eigenvalue weighted by Gasteiger charge is 2.22. The minimum atomic E-state index is -0.154. The quantitative estimate of drug-likeness (QED) is 0.916. The van der Waals surface area contributed by atoms with E-state index < -0.39 is 0 Å². The number of amides is 1. The maximum Gasteiger partial charge on any atom is 0.263 e. The van der Waals surface area contributed by atoms with Crippen LogP contribution in [-0.4, -0.2) is 22.3 Å². The molecule has 128 valence electrons. The van der Waals surface area contributed by atoms with Gasteiger partial charge in [-0.3, -0.25) is 9.48 Å². The number of fused-ring (bicyclic) bond motifs is 1. The van der Waals surface area contributed by atoms with Crippen LogP contribution in [-0.2, 0) is 24.7 Å². The molecular weight excluding hydrogens is 302 g/mol. The molecule has 1 aliphatic carbocycles. The molecular formula is C19H25N3O2. The summed E-state index contributed by atoms with van der Waals surface area (Å²) in [7, 11) is 1.86. The number of carbonyl (C=O) groups excluding carboxylic acids is 1. The van der Waals surface area contributed by atoms with Crippen molar-refractivity contribution in [1.82, 2.24) is 9.78 Å². The Balaban J connectivity index is 1.61. The lowest BCUT2D eigenvalue weighted by atomic mass is 9.98. The van der Waals surface area contributed by atoms with E-state index in [4.69, 9.17) is 4.74 Å². The van der Waals surface area contributed by atoms with Crippen LogP contribution in [0.25, 0.3) is 0 Å². The second kappa shape index (κ2) is 6.67. The summed E-state index contributed by atoms with van der Waals surface area (Å²) in [5, 5.41) is 7.40. The number of benzene rings is 1. The average molecular weight is 327 g/mol. The van der Waals surface area contributed by atoms with Crippen molar-refractivity contribution in [3.63, 3.8) is 0 Å². The summed E-state index contributed by atoms with van der Waals surface area (Å²) >= 11 is 0. The van der Waals surface area contributed by atoms with Gasteiger partial charge in [-0.2, -0.15) is 5.10 Å². The minimum Gasteiger partial charge on any atom is -0.484 e. The van der Waals surface area contributed by atoms with Crippen molar-refractivity contribution in [2.75, 3.05) is 11.9 Å². The molecule has 1 aromatic heterocycles. The molecule has 3 rings (SSSR count). The van der Waals surface area contributed by atoms with Gasteiger partial charge in [0.25, 0.3) is 5.91 Å². The molecule has 0 fully saturated rings. The van der Waals surface area contributed by atoms with Crippen LogP contribution in [0.2, 0.25) is 0 Å². The third-order valence-electron chi connectivity index (χ3n) is 4.56. The fourth-order valence-electron chi connectivity index (χ4n) is 3.38. The SMILES string of the molecule is Cc1cc(OCC(=O)Nc2c3c(nn2C)CCC3)ccc1C(C)C. The van der Waals surface area contributed by atoms with E-state index in [1.54, 1.807) is 4.68 Å². The number of nitrogens with zero attached hydrogens (tertiary/aromatic N) is 2. The molecule has 1 heterocycles. The van der Waals surface area contributed by atoms with E-state index in [1.807, 2.05) is 19.2 Å². The Hall–Kier alpha value is -2.30. The number of hydrogen-bond acceptors (Lipinski definition) is 3. The number of carbonyl (C=O) groups is 1. The van der Waals surface area contributed by atoms with Gasteiger partial charge < -0.3 is 10.1 Å². The van der Waals surface area contributed by atoms with Gasteiger partial charge in [-0.05, 0) is 55.4 Å². The highest BCUT2D eigenvalue weighted by atomic mass is 16.5. The van der Waals surface area contributed by atoms with Crippen molar-refractivity contribution < 1.29 is 9.53 Å². The number of aryl methyl sites for hydroxylation is 3. The largest absolute Gasteiger partial charge is 0.484 e.